The Labute approximate surface area is 100 Å². The van der Waals surface area contributed by atoms with Gasteiger partial charge in [0.1, 0.15) is 0 Å². The molecule has 0 fully saturated rings. The van der Waals surface area contributed by atoms with Gasteiger partial charge in [0.15, 0.2) is 11.0 Å². The molecule has 8 heteroatoms. The highest BCUT2D eigenvalue weighted by Gasteiger charge is 2.06. The normalized spacial score (nSPS) is 9.33. The van der Waals surface area contributed by atoms with Gasteiger partial charge < -0.3 is 11.5 Å². The van der Waals surface area contributed by atoms with Crippen molar-refractivity contribution >= 4 is 46.2 Å². The highest BCUT2D eigenvalue weighted by atomic mass is 35.5. The van der Waals surface area contributed by atoms with Gasteiger partial charge in [-0.2, -0.15) is 4.99 Å². The van der Waals surface area contributed by atoms with E-state index in [1.807, 2.05) is 17.5 Å². The van der Waals surface area contributed by atoms with E-state index in [0.717, 1.165) is 9.88 Å². The minimum Gasteiger partial charge on any atom is -0.370 e. The van der Waals surface area contributed by atoms with Gasteiger partial charge in [0.05, 0.1) is 4.88 Å². The quantitative estimate of drug-likeness (QED) is 0.635. The van der Waals surface area contributed by atoms with Gasteiger partial charge in [-0.25, -0.2) is 0 Å². The first-order valence-electron chi connectivity index (χ1n) is 3.73. The number of hydrogen-bond donors (Lipinski definition) is 2. The lowest BCUT2D eigenvalue weighted by Gasteiger charge is -1.84. The van der Waals surface area contributed by atoms with Gasteiger partial charge in [0, 0.05) is 0 Å². The molecule has 0 aromatic carbocycles. The molecule has 0 amide bonds. The van der Waals surface area contributed by atoms with Gasteiger partial charge in [-0.3, -0.25) is 0 Å². The molecule has 0 aliphatic heterocycles. The van der Waals surface area contributed by atoms with Crippen LogP contribution in [0.15, 0.2) is 22.5 Å². The number of halogens is 1. The summed E-state index contributed by atoms with van der Waals surface area (Å²) < 4.78 is 0. The lowest BCUT2D eigenvalue weighted by Crippen LogP contribution is -2.21. The SMILES string of the molecule is Cl.NC(N)=Nc1nnc(-c2cccs2)s1. The van der Waals surface area contributed by atoms with E-state index in [1.165, 1.54) is 11.3 Å². The molecule has 2 aromatic heterocycles. The number of nitrogens with zero attached hydrogens (tertiary/aromatic N) is 3. The van der Waals surface area contributed by atoms with Crippen molar-refractivity contribution in [3.63, 3.8) is 0 Å². The van der Waals surface area contributed by atoms with Crippen molar-refractivity contribution in [2.45, 2.75) is 0 Å². The molecule has 2 aromatic rings. The van der Waals surface area contributed by atoms with Crippen molar-refractivity contribution < 1.29 is 0 Å². The fourth-order valence-corrected chi connectivity index (χ4v) is 2.40. The maximum Gasteiger partial charge on any atom is 0.235 e. The van der Waals surface area contributed by atoms with Crippen LogP contribution in [0, 0.1) is 0 Å². The van der Waals surface area contributed by atoms with Crippen molar-refractivity contribution in [2.75, 3.05) is 0 Å². The average Bonchev–Trinajstić information content (AvgIpc) is 2.69. The molecule has 0 unspecified atom stereocenters. The highest BCUT2D eigenvalue weighted by Crippen LogP contribution is 2.30. The van der Waals surface area contributed by atoms with E-state index in [0.29, 0.717) is 5.13 Å². The lowest BCUT2D eigenvalue weighted by atomic mass is 10.5. The summed E-state index contributed by atoms with van der Waals surface area (Å²) in [4.78, 5) is 4.88. The number of guanidine groups is 1. The van der Waals surface area contributed by atoms with Crippen LogP contribution in [0.3, 0.4) is 0 Å². The summed E-state index contributed by atoms with van der Waals surface area (Å²) in [6.45, 7) is 0. The topological polar surface area (TPSA) is 90.2 Å². The zero-order valence-corrected chi connectivity index (χ0v) is 9.90. The molecule has 2 heterocycles. The number of aliphatic imine (C=N–C) groups is 1. The zero-order chi connectivity index (χ0) is 9.97. The van der Waals surface area contributed by atoms with E-state index in [9.17, 15) is 0 Å². The maximum atomic E-state index is 5.22. The summed E-state index contributed by atoms with van der Waals surface area (Å²) in [6, 6.07) is 3.94. The molecule has 4 N–H and O–H groups in total. The standard InChI is InChI=1S/C7H7N5S2.ClH/c8-6(9)10-7-12-11-5(14-7)4-2-1-3-13-4;/h1-3H,(H4,8,9,10,12);1H. The van der Waals surface area contributed by atoms with Crippen LogP contribution in [0.2, 0.25) is 0 Å². The molecule has 0 spiro atoms. The Morgan fingerprint density at radius 3 is 2.73 bits per heavy atom. The Morgan fingerprint density at radius 1 is 1.33 bits per heavy atom. The summed E-state index contributed by atoms with van der Waals surface area (Å²) in [5, 5.41) is 11.1. The van der Waals surface area contributed by atoms with Crippen molar-refractivity contribution in [3.8, 4) is 9.88 Å². The molecule has 0 saturated carbocycles. The van der Waals surface area contributed by atoms with Crippen LogP contribution in [0.25, 0.3) is 9.88 Å². The molecular weight excluding hydrogens is 254 g/mol. The van der Waals surface area contributed by atoms with Crippen LogP contribution >= 0.6 is 35.1 Å². The van der Waals surface area contributed by atoms with E-state index in [4.69, 9.17) is 11.5 Å². The largest absolute Gasteiger partial charge is 0.370 e. The third-order valence-electron chi connectivity index (χ3n) is 1.37. The number of rotatable bonds is 2. The molecular formula is C7H8ClN5S2. The summed E-state index contributed by atoms with van der Waals surface area (Å²) in [5.41, 5.74) is 10.4. The van der Waals surface area contributed by atoms with E-state index in [1.54, 1.807) is 11.3 Å². The van der Waals surface area contributed by atoms with Crippen molar-refractivity contribution in [1.29, 1.82) is 0 Å². The highest BCUT2D eigenvalue weighted by molar-refractivity contribution is 7.22. The Kier molecular flexibility index (Phi) is 4.01. The van der Waals surface area contributed by atoms with Gasteiger partial charge in [0.2, 0.25) is 5.13 Å². The second-order valence-electron chi connectivity index (χ2n) is 2.40. The second kappa shape index (κ2) is 5.06. The monoisotopic (exact) mass is 261 g/mol. The fraction of sp³-hybridized carbons (Fsp3) is 0. The summed E-state index contributed by atoms with van der Waals surface area (Å²) in [5.74, 6) is -0.00104. The first-order valence-corrected chi connectivity index (χ1v) is 5.42. The summed E-state index contributed by atoms with van der Waals surface area (Å²) in [6.07, 6.45) is 0. The molecule has 0 saturated heterocycles. The Hall–Kier alpha value is -1.18. The van der Waals surface area contributed by atoms with Crippen LogP contribution in [-0.2, 0) is 0 Å². The van der Waals surface area contributed by atoms with Crippen LogP contribution < -0.4 is 11.5 Å². The van der Waals surface area contributed by atoms with Gasteiger partial charge in [-0.15, -0.1) is 33.9 Å². The first kappa shape index (κ1) is 11.9. The molecule has 0 atom stereocenters. The number of nitrogens with two attached hydrogens (primary N) is 2. The van der Waals surface area contributed by atoms with Crippen LogP contribution in [-0.4, -0.2) is 16.2 Å². The lowest BCUT2D eigenvalue weighted by molar-refractivity contribution is 1.09. The molecule has 5 nitrogen and oxygen atoms in total. The minimum absolute atomic E-state index is 0. The van der Waals surface area contributed by atoms with E-state index < -0.39 is 0 Å². The Balaban J connectivity index is 0.00000112. The van der Waals surface area contributed by atoms with E-state index >= 15 is 0 Å². The van der Waals surface area contributed by atoms with E-state index in [2.05, 4.69) is 15.2 Å². The summed E-state index contributed by atoms with van der Waals surface area (Å²) >= 11 is 2.96. The van der Waals surface area contributed by atoms with Crippen molar-refractivity contribution in [3.05, 3.63) is 17.5 Å². The predicted octanol–water partition coefficient (Wildman–Crippen LogP) is 1.59. The minimum atomic E-state index is -0.00104. The van der Waals surface area contributed by atoms with Crippen LogP contribution in [0.5, 0.6) is 0 Å². The van der Waals surface area contributed by atoms with Gasteiger partial charge >= 0.3 is 0 Å². The third-order valence-corrected chi connectivity index (χ3v) is 3.23. The maximum absolute atomic E-state index is 5.22. The zero-order valence-electron chi connectivity index (χ0n) is 7.45. The first-order chi connectivity index (χ1) is 6.75. The number of hydrogen-bond acceptors (Lipinski definition) is 5. The molecule has 0 aliphatic rings. The molecule has 0 aliphatic carbocycles. The average molecular weight is 262 g/mol. The van der Waals surface area contributed by atoms with Gasteiger partial charge in [-0.05, 0) is 11.4 Å². The van der Waals surface area contributed by atoms with Gasteiger partial charge in [0.25, 0.3) is 0 Å². The smallest absolute Gasteiger partial charge is 0.235 e. The summed E-state index contributed by atoms with van der Waals surface area (Å²) in [7, 11) is 0. The van der Waals surface area contributed by atoms with Crippen LogP contribution in [0.4, 0.5) is 5.13 Å². The third kappa shape index (κ3) is 2.88. The van der Waals surface area contributed by atoms with Crippen molar-refractivity contribution in [1.82, 2.24) is 10.2 Å². The Morgan fingerprint density at radius 2 is 2.13 bits per heavy atom. The molecule has 15 heavy (non-hydrogen) atoms. The number of thiophene rings is 1. The molecule has 80 valence electrons. The second-order valence-corrected chi connectivity index (χ2v) is 4.31. The molecule has 0 bridgehead atoms. The molecule has 2 rings (SSSR count). The predicted molar refractivity (Wildman–Crippen MR) is 65.9 cm³/mol. The molecule has 0 radical (unpaired) electrons. The Bertz CT molecular complexity index is 446. The fourth-order valence-electron chi connectivity index (χ4n) is 0.871. The van der Waals surface area contributed by atoms with Gasteiger partial charge in [-0.1, -0.05) is 17.4 Å². The van der Waals surface area contributed by atoms with E-state index in [-0.39, 0.29) is 18.4 Å². The van der Waals surface area contributed by atoms with Crippen LogP contribution in [0.1, 0.15) is 0 Å². The van der Waals surface area contributed by atoms with Crippen molar-refractivity contribution in [2.24, 2.45) is 16.5 Å². The number of aromatic nitrogens is 2.